The zero-order valence-corrected chi connectivity index (χ0v) is 17.7. The van der Waals surface area contributed by atoms with Crippen LogP contribution in [0.3, 0.4) is 0 Å². The fraction of sp³-hybridized carbons (Fsp3) is 0.333. The van der Waals surface area contributed by atoms with Gasteiger partial charge in [-0.05, 0) is 50.5 Å². The number of aliphatic hydroxyl groups is 1. The second-order valence-electron chi connectivity index (χ2n) is 7.88. The molecule has 4 nitrogen and oxygen atoms in total. The van der Waals surface area contributed by atoms with Crippen molar-refractivity contribution in [2.24, 2.45) is 5.92 Å². The minimum atomic E-state index is -3.81. The molecular formula is C24H28O4S. The number of aliphatic hydroxyl groups excluding tert-OH is 1. The maximum absolute atomic E-state index is 13.5. The summed E-state index contributed by atoms with van der Waals surface area (Å²) in [5.41, 5.74) is 0.810. The van der Waals surface area contributed by atoms with E-state index in [1.54, 1.807) is 43.3 Å². The molecule has 0 aliphatic heterocycles. The first-order valence-corrected chi connectivity index (χ1v) is 11.3. The van der Waals surface area contributed by atoms with E-state index < -0.39 is 27.5 Å². The summed E-state index contributed by atoms with van der Waals surface area (Å²) in [6.45, 7) is 7.96. The monoisotopic (exact) mass is 412 g/mol. The van der Waals surface area contributed by atoms with E-state index in [0.717, 1.165) is 5.56 Å². The molecule has 2 aromatic rings. The second-order valence-corrected chi connectivity index (χ2v) is 9.83. The van der Waals surface area contributed by atoms with Crippen LogP contribution in [-0.4, -0.2) is 25.2 Å². The number of hydrogen-bond acceptors (Lipinski definition) is 4. The third kappa shape index (κ3) is 4.86. The maximum atomic E-state index is 13.5. The number of hydrogen-bond donors (Lipinski definition) is 1. The molecule has 5 heteroatoms. The van der Waals surface area contributed by atoms with E-state index in [0.29, 0.717) is 25.0 Å². The Hall–Kier alpha value is -2.21. The van der Waals surface area contributed by atoms with Crippen LogP contribution in [0.5, 0.6) is 0 Å². The summed E-state index contributed by atoms with van der Waals surface area (Å²) in [6.07, 6.45) is 1.79. The minimum Gasteiger partial charge on any atom is -0.392 e. The Morgan fingerprint density at radius 3 is 2.31 bits per heavy atom. The normalized spacial score (nSPS) is 25.1. The fourth-order valence-corrected chi connectivity index (χ4v) is 5.63. The molecule has 0 aromatic heterocycles. The molecule has 0 saturated carbocycles. The van der Waals surface area contributed by atoms with Crippen molar-refractivity contribution in [3.63, 3.8) is 0 Å². The molecule has 1 N–H and O–H groups in total. The van der Waals surface area contributed by atoms with Crippen LogP contribution in [0.25, 0.3) is 0 Å². The minimum absolute atomic E-state index is 0.164. The summed E-state index contributed by atoms with van der Waals surface area (Å²) in [4.78, 5) is 0.369. The molecule has 0 spiro atoms. The van der Waals surface area contributed by atoms with Gasteiger partial charge in [0.15, 0.2) is 0 Å². The van der Waals surface area contributed by atoms with Crippen molar-refractivity contribution in [3.8, 4) is 0 Å². The molecule has 1 aliphatic carbocycles. The topological polar surface area (TPSA) is 63.6 Å². The molecular weight excluding hydrogens is 384 g/mol. The summed E-state index contributed by atoms with van der Waals surface area (Å²) >= 11 is 0. The van der Waals surface area contributed by atoms with Gasteiger partial charge in [-0.2, -0.15) is 0 Å². The van der Waals surface area contributed by atoms with Crippen LogP contribution in [0.2, 0.25) is 0 Å². The molecule has 0 unspecified atom stereocenters. The number of sulfone groups is 1. The van der Waals surface area contributed by atoms with Crippen LogP contribution in [0, 0.1) is 5.92 Å². The predicted molar refractivity (Wildman–Crippen MR) is 115 cm³/mol. The van der Waals surface area contributed by atoms with Gasteiger partial charge in [0.05, 0.1) is 28.1 Å². The van der Waals surface area contributed by atoms with Gasteiger partial charge >= 0.3 is 0 Å². The van der Waals surface area contributed by atoms with E-state index in [4.69, 9.17) is 4.74 Å². The highest BCUT2D eigenvalue weighted by atomic mass is 32.2. The molecule has 2 aromatic carbocycles. The maximum Gasteiger partial charge on any atom is 0.203 e. The molecule has 3 atom stereocenters. The molecule has 3 rings (SSSR count). The molecule has 29 heavy (non-hydrogen) atoms. The Balaban J connectivity index is 2.04. The van der Waals surface area contributed by atoms with E-state index in [2.05, 4.69) is 6.58 Å². The van der Waals surface area contributed by atoms with E-state index in [1.807, 2.05) is 37.3 Å². The van der Waals surface area contributed by atoms with Gasteiger partial charge in [0, 0.05) is 5.92 Å². The smallest absolute Gasteiger partial charge is 0.203 e. The molecule has 0 fully saturated rings. The SMILES string of the molecule is C=C(C)[C@@H]1C(S(=O)(=O)c2ccccc2)=C[C@@](C)(OCc2ccccc2)CC[C@@H]1O. The Morgan fingerprint density at radius 2 is 1.72 bits per heavy atom. The largest absolute Gasteiger partial charge is 0.392 e. The van der Waals surface area contributed by atoms with Gasteiger partial charge in [-0.25, -0.2) is 8.42 Å². The van der Waals surface area contributed by atoms with Crippen LogP contribution >= 0.6 is 0 Å². The first kappa shape index (κ1) is 21.5. The van der Waals surface area contributed by atoms with Crippen molar-refractivity contribution in [2.45, 2.75) is 49.9 Å². The number of benzene rings is 2. The van der Waals surface area contributed by atoms with Gasteiger partial charge in [-0.1, -0.05) is 60.7 Å². The Morgan fingerprint density at radius 1 is 1.14 bits per heavy atom. The lowest BCUT2D eigenvalue weighted by Gasteiger charge is -2.27. The van der Waals surface area contributed by atoms with Crippen LogP contribution < -0.4 is 0 Å². The van der Waals surface area contributed by atoms with Crippen molar-refractivity contribution in [2.75, 3.05) is 0 Å². The summed E-state index contributed by atoms with van der Waals surface area (Å²) in [7, 11) is -3.81. The van der Waals surface area contributed by atoms with E-state index in [9.17, 15) is 13.5 Å². The number of ether oxygens (including phenoxy) is 1. The average Bonchev–Trinajstić information content (AvgIpc) is 2.85. The summed E-state index contributed by atoms with van der Waals surface area (Å²) in [5.74, 6) is -0.664. The van der Waals surface area contributed by atoms with E-state index in [1.165, 1.54) is 0 Å². The average molecular weight is 413 g/mol. The Kier molecular flexibility index (Phi) is 6.42. The van der Waals surface area contributed by atoms with Crippen LogP contribution in [-0.2, 0) is 21.2 Å². The van der Waals surface area contributed by atoms with Crippen LogP contribution in [0.4, 0.5) is 0 Å². The highest BCUT2D eigenvalue weighted by Gasteiger charge is 2.40. The third-order valence-corrected chi connectivity index (χ3v) is 7.27. The third-order valence-electron chi connectivity index (χ3n) is 5.38. The number of rotatable bonds is 6. The van der Waals surface area contributed by atoms with Gasteiger partial charge in [-0.3, -0.25) is 0 Å². The molecule has 154 valence electrons. The van der Waals surface area contributed by atoms with Crippen molar-refractivity contribution in [1.82, 2.24) is 0 Å². The quantitative estimate of drug-likeness (QED) is 0.701. The lowest BCUT2D eigenvalue weighted by atomic mass is 9.93. The van der Waals surface area contributed by atoms with E-state index in [-0.39, 0.29) is 9.80 Å². The van der Waals surface area contributed by atoms with Crippen LogP contribution in [0.1, 0.15) is 32.3 Å². The zero-order valence-electron chi connectivity index (χ0n) is 16.9. The van der Waals surface area contributed by atoms with Gasteiger partial charge < -0.3 is 9.84 Å². The molecule has 0 amide bonds. The lowest BCUT2D eigenvalue weighted by molar-refractivity contribution is -0.0191. The van der Waals surface area contributed by atoms with E-state index >= 15 is 0 Å². The van der Waals surface area contributed by atoms with Crippen LogP contribution in [0.15, 0.2) is 88.7 Å². The summed E-state index contributed by atoms with van der Waals surface area (Å²) < 4.78 is 33.2. The van der Waals surface area contributed by atoms with Gasteiger partial charge in [0.1, 0.15) is 0 Å². The van der Waals surface area contributed by atoms with Gasteiger partial charge in [0.2, 0.25) is 9.84 Å². The first-order chi connectivity index (χ1) is 13.7. The highest BCUT2D eigenvalue weighted by molar-refractivity contribution is 7.95. The molecule has 0 saturated heterocycles. The van der Waals surface area contributed by atoms with Crippen molar-refractivity contribution in [3.05, 3.63) is 89.4 Å². The lowest BCUT2D eigenvalue weighted by Crippen LogP contribution is -2.27. The van der Waals surface area contributed by atoms with Gasteiger partial charge in [-0.15, -0.1) is 0 Å². The standard InChI is InChI=1S/C24H28O4S/c1-18(2)23-21(25)14-15-24(3,28-17-19-10-6-4-7-11-19)16-22(23)29(26,27)20-12-8-5-9-13-20/h4-13,16,21,23,25H,1,14-15,17H2,2-3H3/t21-,23-,24-/m0/s1. The summed E-state index contributed by atoms with van der Waals surface area (Å²) in [6, 6.07) is 18.1. The Bertz CT molecular complexity index is 980. The molecule has 0 bridgehead atoms. The predicted octanol–water partition coefficient (Wildman–Crippen LogP) is 4.67. The van der Waals surface area contributed by atoms with Crippen molar-refractivity contribution >= 4 is 9.84 Å². The first-order valence-electron chi connectivity index (χ1n) is 9.77. The van der Waals surface area contributed by atoms with Gasteiger partial charge in [0.25, 0.3) is 0 Å². The molecule has 0 heterocycles. The highest BCUT2D eigenvalue weighted by Crippen LogP contribution is 2.40. The van der Waals surface area contributed by atoms with Crippen molar-refractivity contribution in [1.29, 1.82) is 0 Å². The molecule has 0 radical (unpaired) electrons. The Labute approximate surface area is 173 Å². The zero-order chi connectivity index (χ0) is 21.1. The molecule has 1 aliphatic rings. The second kappa shape index (κ2) is 8.66. The summed E-state index contributed by atoms with van der Waals surface area (Å²) in [5, 5.41) is 10.8. The fourth-order valence-electron chi connectivity index (χ4n) is 3.74. The van der Waals surface area contributed by atoms with Crippen molar-refractivity contribution < 1.29 is 18.3 Å².